The van der Waals surface area contributed by atoms with E-state index in [1.54, 1.807) is 13.4 Å². The lowest BCUT2D eigenvalue weighted by Gasteiger charge is -2.03. The fourth-order valence-electron chi connectivity index (χ4n) is 1.27. The summed E-state index contributed by atoms with van der Waals surface area (Å²) < 4.78 is 6.97. The van der Waals surface area contributed by atoms with Crippen molar-refractivity contribution in [2.75, 3.05) is 19.5 Å². The number of ether oxygens (including phenoxy) is 1. The second kappa shape index (κ2) is 4.41. The van der Waals surface area contributed by atoms with Crippen molar-refractivity contribution < 1.29 is 4.74 Å². The van der Waals surface area contributed by atoms with E-state index in [4.69, 9.17) is 10.5 Å². The monoisotopic (exact) mass is 224 g/mol. The SMILES string of the molecule is COCCn1cnnc1-c1ccc(N)s1. The van der Waals surface area contributed by atoms with E-state index in [1.807, 2.05) is 16.7 Å². The van der Waals surface area contributed by atoms with E-state index < -0.39 is 0 Å². The van der Waals surface area contributed by atoms with Gasteiger partial charge in [0, 0.05) is 13.7 Å². The number of hydrogen-bond donors (Lipinski definition) is 1. The number of aromatic nitrogens is 3. The Bertz CT molecular complexity index is 437. The number of nitrogen functional groups attached to an aromatic ring is 1. The zero-order valence-electron chi connectivity index (χ0n) is 8.38. The highest BCUT2D eigenvalue weighted by Crippen LogP contribution is 2.27. The lowest BCUT2D eigenvalue weighted by atomic mass is 10.4. The maximum absolute atomic E-state index is 5.67. The molecule has 0 unspecified atom stereocenters. The average molecular weight is 224 g/mol. The molecule has 2 N–H and O–H groups in total. The first kappa shape index (κ1) is 10.1. The zero-order valence-corrected chi connectivity index (χ0v) is 9.20. The molecule has 0 saturated heterocycles. The Balaban J connectivity index is 2.24. The average Bonchev–Trinajstić information content (AvgIpc) is 2.82. The molecule has 0 amide bonds. The van der Waals surface area contributed by atoms with Gasteiger partial charge in [0.15, 0.2) is 5.82 Å². The summed E-state index contributed by atoms with van der Waals surface area (Å²) >= 11 is 1.51. The first-order valence-electron chi connectivity index (χ1n) is 4.53. The highest BCUT2D eigenvalue weighted by atomic mass is 32.1. The van der Waals surface area contributed by atoms with Crippen LogP contribution >= 0.6 is 11.3 Å². The predicted octanol–water partition coefficient (Wildman–Crippen LogP) is 1.24. The Morgan fingerprint density at radius 1 is 1.53 bits per heavy atom. The van der Waals surface area contributed by atoms with E-state index >= 15 is 0 Å². The first-order chi connectivity index (χ1) is 7.31. The third-order valence-electron chi connectivity index (χ3n) is 2.00. The number of anilines is 1. The maximum Gasteiger partial charge on any atom is 0.173 e. The largest absolute Gasteiger partial charge is 0.391 e. The number of nitrogens with two attached hydrogens (primary N) is 1. The van der Waals surface area contributed by atoms with Gasteiger partial charge in [0.2, 0.25) is 0 Å². The van der Waals surface area contributed by atoms with E-state index in [9.17, 15) is 0 Å². The topological polar surface area (TPSA) is 66.0 Å². The summed E-state index contributed by atoms with van der Waals surface area (Å²) in [5, 5.41) is 8.73. The Morgan fingerprint density at radius 2 is 2.40 bits per heavy atom. The Kier molecular flexibility index (Phi) is 2.98. The van der Waals surface area contributed by atoms with E-state index in [2.05, 4.69) is 10.2 Å². The maximum atomic E-state index is 5.67. The highest BCUT2D eigenvalue weighted by molar-refractivity contribution is 7.19. The van der Waals surface area contributed by atoms with Gasteiger partial charge < -0.3 is 15.0 Å². The standard InChI is InChI=1S/C9H12N4OS/c1-14-5-4-13-6-11-12-9(13)7-2-3-8(10)15-7/h2-3,6H,4-5,10H2,1H3. The molecule has 0 aliphatic rings. The molecule has 0 aliphatic heterocycles. The van der Waals surface area contributed by atoms with Gasteiger partial charge in [0.1, 0.15) is 6.33 Å². The molecule has 0 aliphatic carbocycles. The number of methoxy groups -OCH3 is 1. The highest BCUT2D eigenvalue weighted by Gasteiger charge is 2.08. The van der Waals surface area contributed by atoms with Gasteiger partial charge in [-0.3, -0.25) is 0 Å². The van der Waals surface area contributed by atoms with Gasteiger partial charge >= 0.3 is 0 Å². The van der Waals surface area contributed by atoms with E-state index in [0.717, 1.165) is 22.2 Å². The minimum absolute atomic E-state index is 0.645. The summed E-state index contributed by atoms with van der Waals surface area (Å²) in [5.74, 6) is 0.841. The van der Waals surface area contributed by atoms with Gasteiger partial charge in [-0.25, -0.2) is 0 Å². The van der Waals surface area contributed by atoms with Crippen LogP contribution in [0.5, 0.6) is 0 Å². The molecule has 0 radical (unpaired) electrons. The van der Waals surface area contributed by atoms with Crippen LogP contribution in [-0.4, -0.2) is 28.5 Å². The molecule has 0 saturated carbocycles. The molecule has 0 bridgehead atoms. The van der Waals surface area contributed by atoms with Crippen LogP contribution in [-0.2, 0) is 11.3 Å². The predicted molar refractivity (Wildman–Crippen MR) is 59.6 cm³/mol. The summed E-state index contributed by atoms with van der Waals surface area (Å²) in [4.78, 5) is 1.03. The molecule has 2 aromatic heterocycles. The summed E-state index contributed by atoms with van der Waals surface area (Å²) in [6, 6.07) is 3.82. The van der Waals surface area contributed by atoms with Crippen LogP contribution in [0.1, 0.15) is 0 Å². The molecule has 0 fully saturated rings. The van der Waals surface area contributed by atoms with Gasteiger partial charge in [-0.1, -0.05) is 0 Å². The van der Waals surface area contributed by atoms with Crippen LogP contribution in [0.2, 0.25) is 0 Å². The van der Waals surface area contributed by atoms with Crippen molar-refractivity contribution in [2.45, 2.75) is 6.54 Å². The summed E-state index contributed by atoms with van der Waals surface area (Å²) in [6.07, 6.45) is 1.70. The van der Waals surface area contributed by atoms with Crippen LogP contribution in [0, 0.1) is 0 Å². The Labute approximate surface area is 91.5 Å². The van der Waals surface area contributed by atoms with Gasteiger partial charge in [-0.05, 0) is 12.1 Å². The molecule has 15 heavy (non-hydrogen) atoms. The van der Waals surface area contributed by atoms with Crippen molar-refractivity contribution in [3.05, 3.63) is 18.5 Å². The number of rotatable bonds is 4. The van der Waals surface area contributed by atoms with Crippen LogP contribution in [0.4, 0.5) is 5.00 Å². The molecule has 2 aromatic rings. The molecule has 2 heterocycles. The van der Waals surface area contributed by atoms with Crippen LogP contribution in [0.15, 0.2) is 18.5 Å². The fraction of sp³-hybridized carbons (Fsp3) is 0.333. The minimum Gasteiger partial charge on any atom is -0.391 e. The molecular weight excluding hydrogens is 212 g/mol. The molecule has 6 heteroatoms. The summed E-state index contributed by atoms with van der Waals surface area (Å²) in [5.41, 5.74) is 5.67. The summed E-state index contributed by atoms with van der Waals surface area (Å²) in [6.45, 7) is 1.39. The Morgan fingerprint density at radius 3 is 3.07 bits per heavy atom. The molecule has 0 aromatic carbocycles. The number of hydrogen-bond acceptors (Lipinski definition) is 5. The molecule has 0 atom stereocenters. The third-order valence-corrected chi connectivity index (χ3v) is 2.91. The number of nitrogens with zero attached hydrogens (tertiary/aromatic N) is 3. The summed E-state index contributed by atoms with van der Waals surface area (Å²) in [7, 11) is 1.67. The smallest absolute Gasteiger partial charge is 0.173 e. The first-order valence-corrected chi connectivity index (χ1v) is 5.35. The zero-order chi connectivity index (χ0) is 10.7. The van der Waals surface area contributed by atoms with Crippen molar-refractivity contribution in [2.24, 2.45) is 0 Å². The van der Waals surface area contributed by atoms with E-state index in [0.29, 0.717) is 6.61 Å². The molecular formula is C9H12N4OS. The van der Waals surface area contributed by atoms with Crippen molar-refractivity contribution in [1.82, 2.24) is 14.8 Å². The van der Waals surface area contributed by atoms with Crippen molar-refractivity contribution in [3.8, 4) is 10.7 Å². The third kappa shape index (κ3) is 2.16. The van der Waals surface area contributed by atoms with Gasteiger partial charge in [0.05, 0.1) is 16.5 Å². The van der Waals surface area contributed by atoms with Crippen LogP contribution < -0.4 is 5.73 Å². The lowest BCUT2D eigenvalue weighted by molar-refractivity contribution is 0.187. The molecule has 0 spiro atoms. The van der Waals surface area contributed by atoms with Gasteiger partial charge in [-0.2, -0.15) is 0 Å². The normalized spacial score (nSPS) is 10.7. The van der Waals surface area contributed by atoms with E-state index in [1.165, 1.54) is 11.3 Å². The Hall–Kier alpha value is -1.40. The molecule has 5 nitrogen and oxygen atoms in total. The van der Waals surface area contributed by atoms with Crippen LogP contribution in [0.25, 0.3) is 10.7 Å². The van der Waals surface area contributed by atoms with Gasteiger partial charge in [0.25, 0.3) is 0 Å². The second-order valence-electron chi connectivity index (χ2n) is 3.04. The lowest BCUT2D eigenvalue weighted by Crippen LogP contribution is -2.04. The van der Waals surface area contributed by atoms with Crippen molar-refractivity contribution in [3.63, 3.8) is 0 Å². The van der Waals surface area contributed by atoms with Crippen LogP contribution in [0.3, 0.4) is 0 Å². The van der Waals surface area contributed by atoms with Gasteiger partial charge in [-0.15, -0.1) is 21.5 Å². The van der Waals surface area contributed by atoms with Crippen molar-refractivity contribution >= 4 is 16.3 Å². The molecule has 2 rings (SSSR count). The minimum atomic E-state index is 0.645. The van der Waals surface area contributed by atoms with E-state index in [-0.39, 0.29) is 0 Å². The second-order valence-corrected chi connectivity index (χ2v) is 4.16. The molecule has 80 valence electrons. The quantitative estimate of drug-likeness (QED) is 0.848. The van der Waals surface area contributed by atoms with Crippen molar-refractivity contribution in [1.29, 1.82) is 0 Å². The fourth-order valence-corrected chi connectivity index (χ4v) is 2.05. The number of thiophene rings is 1.